The van der Waals surface area contributed by atoms with Crippen LogP contribution in [0, 0.1) is 11.8 Å². The molecule has 78 valence electrons. The number of hydrogen-bond acceptors (Lipinski definition) is 0. The van der Waals surface area contributed by atoms with Crippen LogP contribution in [-0.4, -0.2) is 6.98 Å². The van der Waals surface area contributed by atoms with Gasteiger partial charge in [-0.2, -0.15) is 0 Å². The molecular formula is C9H17BF3K. The zero-order valence-corrected chi connectivity index (χ0v) is 12.4. The minimum atomic E-state index is -4.57. The third-order valence-corrected chi connectivity index (χ3v) is 3.29. The van der Waals surface area contributed by atoms with Gasteiger partial charge in [0.15, 0.2) is 0 Å². The van der Waals surface area contributed by atoms with Crippen molar-refractivity contribution >= 4 is 6.98 Å². The van der Waals surface area contributed by atoms with Gasteiger partial charge in [0.25, 0.3) is 0 Å². The van der Waals surface area contributed by atoms with Crippen LogP contribution in [0.2, 0.25) is 5.82 Å². The second-order valence-corrected chi connectivity index (χ2v) is 4.54. The maximum atomic E-state index is 12.3. The van der Waals surface area contributed by atoms with E-state index >= 15 is 0 Å². The summed E-state index contributed by atoms with van der Waals surface area (Å²) in [5, 5.41) is 0. The van der Waals surface area contributed by atoms with E-state index < -0.39 is 12.8 Å². The van der Waals surface area contributed by atoms with Gasteiger partial charge in [0.05, 0.1) is 0 Å². The summed E-state index contributed by atoms with van der Waals surface area (Å²) in [5.41, 5.74) is 0. The van der Waals surface area contributed by atoms with Crippen LogP contribution in [0.25, 0.3) is 0 Å². The van der Waals surface area contributed by atoms with E-state index in [0.717, 1.165) is 12.8 Å². The molecule has 0 aromatic carbocycles. The normalized spacial score (nSPS) is 28.7. The standard InChI is InChI=1S/C9H17BF3.K/c1-7(2)8-3-5-9(6-4-8)10(11,12)13;/h7-9H,3-6H2,1-2H3;/q-1;+1. The summed E-state index contributed by atoms with van der Waals surface area (Å²) in [6.45, 7) is -0.369. The summed E-state index contributed by atoms with van der Waals surface area (Å²) in [5.74, 6) is 0.103. The first-order chi connectivity index (χ1) is 5.91. The monoisotopic (exact) mass is 232 g/mol. The number of halogens is 3. The average molecular weight is 232 g/mol. The molecule has 0 radical (unpaired) electrons. The summed E-state index contributed by atoms with van der Waals surface area (Å²) in [6.07, 6.45) is 2.27. The molecule has 0 N–H and O–H groups in total. The van der Waals surface area contributed by atoms with Gasteiger partial charge in [-0.05, 0) is 11.8 Å². The summed E-state index contributed by atoms with van der Waals surface area (Å²) in [4.78, 5) is 0. The fraction of sp³-hybridized carbons (Fsp3) is 1.00. The van der Waals surface area contributed by atoms with E-state index in [1.165, 1.54) is 0 Å². The van der Waals surface area contributed by atoms with Crippen LogP contribution in [0.15, 0.2) is 0 Å². The molecule has 0 aromatic heterocycles. The Bertz CT molecular complexity index is 162. The Labute approximate surface area is 127 Å². The van der Waals surface area contributed by atoms with Crippen molar-refractivity contribution in [3.63, 3.8) is 0 Å². The summed E-state index contributed by atoms with van der Waals surface area (Å²) in [7, 11) is 0. The van der Waals surface area contributed by atoms with Crippen molar-refractivity contribution in [1.82, 2.24) is 0 Å². The molecule has 1 aliphatic rings. The SMILES string of the molecule is CC(C)C1CCC([B-](F)(F)F)CC1.[K+]. The van der Waals surface area contributed by atoms with Crippen molar-refractivity contribution < 1.29 is 64.3 Å². The van der Waals surface area contributed by atoms with Crippen molar-refractivity contribution in [2.75, 3.05) is 0 Å². The molecule has 0 spiro atoms. The van der Waals surface area contributed by atoms with Crippen molar-refractivity contribution in [1.29, 1.82) is 0 Å². The quantitative estimate of drug-likeness (QED) is 0.624. The average Bonchev–Trinajstić information content (AvgIpc) is 2.03. The van der Waals surface area contributed by atoms with Crippen molar-refractivity contribution in [3.8, 4) is 0 Å². The Balaban J connectivity index is 0.00000169. The molecule has 0 aliphatic heterocycles. The first kappa shape index (κ1) is 15.5. The molecule has 0 saturated heterocycles. The van der Waals surface area contributed by atoms with E-state index in [1.807, 2.05) is 0 Å². The Morgan fingerprint density at radius 1 is 1.00 bits per heavy atom. The third-order valence-electron chi connectivity index (χ3n) is 3.29. The van der Waals surface area contributed by atoms with Crippen LogP contribution in [-0.2, 0) is 0 Å². The van der Waals surface area contributed by atoms with Crippen LogP contribution in [0.5, 0.6) is 0 Å². The molecule has 1 saturated carbocycles. The summed E-state index contributed by atoms with van der Waals surface area (Å²) >= 11 is 0. The zero-order chi connectivity index (χ0) is 10.1. The Kier molecular flexibility index (Phi) is 6.95. The number of hydrogen-bond donors (Lipinski definition) is 0. The first-order valence-electron chi connectivity index (χ1n) is 5.11. The van der Waals surface area contributed by atoms with Gasteiger partial charge in [0.1, 0.15) is 0 Å². The van der Waals surface area contributed by atoms with Crippen LogP contribution in [0.1, 0.15) is 39.5 Å². The van der Waals surface area contributed by atoms with E-state index in [-0.39, 0.29) is 51.4 Å². The summed E-state index contributed by atoms with van der Waals surface area (Å²) < 4.78 is 37.0. The predicted molar refractivity (Wildman–Crippen MR) is 49.6 cm³/mol. The van der Waals surface area contributed by atoms with Crippen LogP contribution < -0.4 is 51.4 Å². The van der Waals surface area contributed by atoms with Gasteiger partial charge in [0, 0.05) is 0 Å². The third kappa shape index (κ3) is 4.56. The molecule has 0 amide bonds. The Morgan fingerprint density at radius 2 is 1.43 bits per heavy atom. The molecule has 5 heteroatoms. The number of rotatable bonds is 2. The van der Waals surface area contributed by atoms with E-state index in [9.17, 15) is 12.9 Å². The molecule has 1 rings (SSSR count). The molecule has 0 bridgehead atoms. The maximum absolute atomic E-state index is 12.3. The van der Waals surface area contributed by atoms with E-state index in [2.05, 4.69) is 13.8 Å². The fourth-order valence-corrected chi connectivity index (χ4v) is 2.19. The van der Waals surface area contributed by atoms with E-state index in [1.54, 1.807) is 0 Å². The molecule has 0 nitrogen and oxygen atoms in total. The molecule has 0 heterocycles. The molecule has 0 atom stereocenters. The fourth-order valence-electron chi connectivity index (χ4n) is 2.19. The molecule has 1 fully saturated rings. The molecular weight excluding hydrogens is 215 g/mol. The largest absolute Gasteiger partial charge is 1.00 e. The Hall–Kier alpha value is 1.49. The van der Waals surface area contributed by atoms with Gasteiger partial charge in [-0.15, -0.1) is 0 Å². The van der Waals surface area contributed by atoms with Crippen LogP contribution in [0.3, 0.4) is 0 Å². The van der Waals surface area contributed by atoms with Gasteiger partial charge < -0.3 is 12.9 Å². The molecule has 0 unspecified atom stereocenters. The van der Waals surface area contributed by atoms with Crippen molar-refractivity contribution in [2.45, 2.75) is 45.3 Å². The minimum Gasteiger partial charge on any atom is -0.449 e. The zero-order valence-electron chi connectivity index (χ0n) is 9.27. The van der Waals surface area contributed by atoms with Gasteiger partial charge in [-0.1, -0.05) is 45.3 Å². The van der Waals surface area contributed by atoms with Crippen LogP contribution in [0.4, 0.5) is 12.9 Å². The second kappa shape index (κ2) is 6.28. The Morgan fingerprint density at radius 3 is 1.71 bits per heavy atom. The smallest absolute Gasteiger partial charge is 0.449 e. The first-order valence-corrected chi connectivity index (χ1v) is 5.11. The van der Waals surface area contributed by atoms with Gasteiger partial charge >= 0.3 is 58.4 Å². The minimum absolute atomic E-state index is 0. The van der Waals surface area contributed by atoms with Gasteiger partial charge in [0.2, 0.25) is 0 Å². The van der Waals surface area contributed by atoms with E-state index in [0.29, 0.717) is 24.7 Å². The topological polar surface area (TPSA) is 0 Å². The van der Waals surface area contributed by atoms with Crippen molar-refractivity contribution in [2.24, 2.45) is 11.8 Å². The van der Waals surface area contributed by atoms with Crippen LogP contribution >= 0.6 is 0 Å². The van der Waals surface area contributed by atoms with E-state index in [4.69, 9.17) is 0 Å². The summed E-state index contributed by atoms with van der Waals surface area (Å²) in [6, 6.07) is 0. The van der Waals surface area contributed by atoms with Gasteiger partial charge in [-0.3, -0.25) is 0 Å². The second-order valence-electron chi connectivity index (χ2n) is 4.54. The predicted octanol–water partition coefficient (Wildman–Crippen LogP) is 1.05. The molecule has 0 aromatic rings. The van der Waals surface area contributed by atoms with Crippen molar-refractivity contribution in [3.05, 3.63) is 0 Å². The van der Waals surface area contributed by atoms with Gasteiger partial charge in [-0.25, -0.2) is 0 Å². The maximum Gasteiger partial charge on any atom is 1.00 e. The molecule has 14 heavy (non-hydrogen) atoms. The molecule has 1 aliphatic carbocycles.